The number of nitrogens with zero attached hydrogens (tertiary/aromatic N) is 3. The molecule has 0 aliphatic carbocycles. The predicted molar refractivity (Wildman–Crippen MR) is 79.3 cm³/mol. The summed E-state index contributed by atoms with van der Waals surface area (Å²) in [5.74, 6) is 0.0850. The number of fused-ring (bicyclic) bond motifs is 1. The SMILES string of the molecule is CC1CCCC(C)N1S(=O)(=O)c1c(N)nc2sccn12. The van der Waals surface area contributed by atoms with Crippen LogP contribution in [-0.4, -0.2) is 34.2 Å². The summed E-state index contributed by atoms with van der Waals surface area (Å²) in [5.41, 5.74) is 5.85. The zero-order chi connectivity index (χ0) is 14.5. The Hall–Kier alpha value is -1.12. The third-order valence-corrected chi connectivity index (χ3v) is 6.80. The van der Waals surface area contributed by atoms with Gasteiger partial charge in [-0.15, -0.1) is 11.3 Å². The van der Waals surface area contributed by atoms with E-state index in [1.165, 1.54) is 11.3 Å². The molecule has 2 atom stereocenters. The van der Waals surface area contributed by atoms with Gasteiger partial charge in [0.1, 0.15) is 0 Å². The smallest absolute Gasteiger partial charge is 0.263 e. The van der Waals surface area contributed by atoms with E-state index >= 15 is 0 Å². The molecule has 8 heteroatoms. The molecule has 2 unspecified atom stereocenters. The minimum atomic E-state index is -3.63. The zero-order valence-electron chi connectivity index (χ0n) is 11.5. The Bertz CT molecular complexity index is 724. The second-order valence-electron chi connectivity index (χ2n) is 5.32. The summed E-state index contributed by atoms with van der Waals surface area (Å²) in [5, 5.41) is 1.92. The normalized spacial score (nSPS) is 25.3. The van der Waals surface area contributed by atoms with Crippen LogP contribution in [0.2, 0.25) is 0 Å². The largest absolute Gasteiger partial charge is 0.381 e. The van der Waals surface area contributed by atoms with Gasteiger partial charge in [-0.25, -0.2) is 13.4 Å². The van der Waals surface area contributed by atoms with Crippen molar-refractivity contribution in [2.24, 2.45) is 0 Å². The van der Waals surface area contributed by atoms with Gasteiger partial charge < -0.3 is 5.73 Å². The summed E-state index contributed by atoms with van der Waals surface area (Å²) in [7, 11) is -3.63. The summed E-state index contributed by atoms with van der Waals surface area (Å²) in [6.45, 7) is 3.91. The number of nitrogens with two attached hydrogens (primary N) is 1. The van der Waals surface area contributed by atoms with Crippen LogP contribution in [0.4, 0.5) is 5.82 Å². The molecule has 110 valence electrons. The number of aromatic nitrogens is 2. The molecule has 2 aromatic rings. The van der Waals surface area contributed by atoms with Gasteiger partial charge in [-0.2, -0.15) is 4.31 Å². The van der Waals surface area contributed by atoms with Crippen molar-refractivity contribution in [2.45, 2.75) is 50.2 Å². The molecule has 1 aliphatic rings. The fraction of sp³-hybridized carbons (Fsp3) is 0.583. The molecule has 0 aromatic carbocycles. The van der Waals surface area contributed by atoms with E-state index < -0.39 is 10.0 Å². The first-order chi connectivity index (χ1) is 9.43. The van der Waals surface area contributed by atoms with Gasteiger partial charge in [0, 0.05) is 23.7 Å². The van der Waals surface area contributed by atoms with Crippen molar-refractivity contribution < 1.29 is 8.42 Å². The van der Waals surface area contributed by atoms with Crippen LogP contribution >= 0.6 is 11.3 Å². The molecule has 2 aromatic heterocycles. The van der Waals surface area contributed by atoms with E-state index in [-0.39, 0.29) is 22.9 Å². The van der Waals surface area contributed by atoms with E-state index in [0.717, 1.165) is 19.3 Å². The fourth-order valence-electron chi connectivity index (χ4n) is 3.01. The second kappa shape index (κ2) is 4.71. The van der Waals surface area contributed by atoms with E-state index in [2.05, 4.69) is 4.98 Å². The third-order valence-electron chi connectivity index (χ3n) is 3.88. The first-order valence-electron chi connectivity index (χ1n) is 6.67. The van der Waals surface area contributed by atoms with E-state index in [0.29, 0.717) is 4.96 Å². The molecule has 0 bridgehead atoms. The Balaban J connectivity index is 2.16. The van der Waals surface area contributed by atoms with Gasteiger partial charge >= 0.3 is 0 Å². The van der Waals surface area contributed by atoms with Gasteiger partial charge in [0.05, 0.1) is 0 Å². The highest BCUT2D eigenvalue weighted by Crippen LogP contribution is 2.32. The molecule has 20 heavy (non-hydrogen) atoms. The van der Waals surface area contributed by atoms with Gasteiger partial charge in [-0.1, -0.05) is 6.42 Å². The maximum Gasteiger partial charge on any atom is 0.263 e. The summed E-state index contributed by atoms with van der Waals surface area (Å²) in [6.07, 6.45) is 4.53. The number of hydrogen-bond donors (Lipinski definition) is 1. The highest BCUT2D eigenvalue weighted by molar-refractivity contribution is 7.89. The van der Waals surface area contributed by atoms with Gasteiger partial charge in [0.15, 0.2) is 15.8 Å². The highest BCUT2D eigenvalue weighted by atomic mass is 32.2. The standard InChI is InChI=1S/C12H18N4O2S2/c1-8-4-3-5-9(2)16(8)20(17,18)11-10(13)14-12-15(11)6-7-19-12/h6-9H,3-5,13H2,1-2H3. The van der Waals surface area contributed by atoms with Crippen molar-refractivity contribution in [3.63, 3.8) is 0 Å². The lowest BCUT2D eigenvalue weighted by Crippen LogP contribution is -2.47. The Kier molecular flexibility index (Phi) is 3.26. The van der Waals surface area contributed by atoms with Crippen LogP contribution in [0.5, 0.6) is 0 Å². The summed E-state index contributed by atoms with van der Waals surface area (Å²) in [4.78, 5) is 4.75. The van der Waals surface area contributed by atoms with Crippen LogP contribution in [0.3, 0.4) is 0 Å². The lowest BCUT2D eigenvalue weighted by molar-refractivity contribution is 0.203. The van der Waals surface area contributed by atoms with Crippen molar-refractivity contribution >= 4 is 32.1 Å². The average molecular weight is 314 g/mol. The first kappa shape index (κ1) is 13.8. The van der Waals surface area contributed by atoms with Crippen LogP contribution in [0.25, 0.3) is 4.96 Å². The maximum absolute atomic E-state index is 13.0. The molecule has 0 spiro atoms. The van der Waals surface area contributed by atoms with Crippen LogP contribution in [0.1, 0.15) is 33.1 Å². The van der Waals surface area contributed by atoms with Gasteiger partial charge in [0.25, 0.3) is 10.0 Å². The van der Waals surface area contributed by atoms with Crippen molar-refractivity contribution in [3.05, 3.63) is 11.6 Å². The molecule has 3 rings (SSSR count). The molecule has 1 fully saturated rings. The topological polar surface area (TPSA) is 80.7 Å². The molecule has 3 heterocycles. The van der Waals surface area contributed by atoms with E-state index in [9.17, 15) is 8.42 Å². The number of piperidine rings is 1. The third kappa shape index (κ3) is 1.94. The fourth-order valence-corrected chi connectivity index (χ4v) is 5.85. The second-order valence-corrected chi connectivity index (χ2v) is 7.95. The van der Waals surface area contributed by atoms with Crippen molar-refractivity contribution in [3.8, 4) is 0 Å². The van der Waals surface area contributed by atoms with E-state index in [1.807, 2.05) is 19.2 Å². The molecule has 0 amide bonds. The van der Waals surface area contributed by atoms with Crippen LogP contribution in [0.15, 0.2) is 16.6 Å². The summed E-state index contributed by atoms with van der Waals surface area (Å²) >= 11 is 1.38. The zero-order valence-corrected chi connectivity index (χ0v) is 13.1. The van der Waals surface area contributed by atoms with Crippen LogP contribution in [-0.2, 0) is 10.0 Å². The monoisotopic (exact) mass is 314 g/mol. The number of rotatable bonds is 2. The number of anilines is 1. The van der Waals surface area contributed by atoms with Crippen molar-refractivity contribution in [2.75, 3.05) is 5.73 Å². The molecule has 1 aliphatic heterocycles. The number of thiazole rings is 1. The molecule has 1 saturated heterocycles. The van der Waals surface area contributed by atoms with E-state index in [1.54, 1.807) is 14.9 Å². The lowest BCUT2D eigenvalue weighted by Gasteiger charge is -2.37. The van der Waals surface area contributed by atoms with Gasteiger partial charge in [0.2, 0.25) is 0 Å². The first-order valence-corrected chi connectivity index (χ1v) is 8.99. The predicted octanol–water partition coefficient (Wildman–Crippen LogP) is 1.93. The van der Waals surface area contributed by atoms with Gasteiger partial charge in [-0.05, 0) is 26.7 Å². The Morgan fingerprint density at radius 2 is 2.00 bits per heavy atom. The Labute approximate surface area is 122 Å². The van der Waals surface area contributed by atoms with Crippen LogP contribution in [0, 0.1) is 0 Å². The molecular formula is C12H18N4O2S2. The summed E-state index contributed by atoms with van der Waals surface area (Å²) in [6, 6.07) is -0.0142. The number of hydrogen-bond acceptors (Lipinski definition) is 5. The van der Waals surface area contributed by atoms with Crippen LogP contribution < -0.4 is 5.73 Å². The van der Waals surface area contributed by atoms with Gasteiger partial charge in [-0.3, -0.25) is 4.40 Å². The summed E-state index contributed by atoms with van der Waals surface area (Å²) < 4.78 is 29.1. The minimum Gasteiger partial charge on any atom is -0.381 e. The van der Waals surface area contributed by atoms with Crippen molar-refractivity contribution in [1.29, 1.82) is 0 Å². The highest BCUT2D eigenvalue weighted by Gasteiger charge is 2.39. The molecule has 0 radical (unpaired) electrons. The Morgan fingerprint density at radius 1 is 1.35 bits per heavy atom. The Morgan fingerprint density at radius 3 is 2.65 bits per heavy atom. The lowest BCUT2D eigenvalue weighted by atomic mass is 10.0. The average Bonchev–Trinajstić information content (AvgIpc) is 2.87. The molecule has 2 N–H and O–H groups in total. The number of sulfonamides is 1. The molecular weight excluding hydrogens is 296 g/mol. The number of imidazole rings is 1. The quantitative estimate of drug-likeness (QED) is 0.918. The molecule has 0 saturated carbocycles. The van der Waals surface area contributed by atoms with Crippen molar-refractivity contribution in [1.82, 2.24) is 13.7 Å². The maximum atomic E-state index is 13.0. The number of nitrogen functional groups attached to an aromatic ring is 1. The van der Waals surface area contributed by atoms with E-state index in [4.69, 9.17) is 5.73 Å². The minimum absolute atomic E-state index is 0.00710. The molecule has 6 nitrogen and oxygen atoms in total.